The summed E-state index contributed by atoms with van der Waals surface area (Å²) in [5.74, 6) is 0.828. The summed E-state index contributed by atoms with van der Waals surface area (Å²) in [4.78, 5) is 2.30. The quantitative estimate of drug-likeness (QED) is 0.627. The molecule has 0 saturated carbocycles. The molecule has 1 heterocycles. The molecule has 0 aromatic carbocycles. The summed E-state index contributed by atoms with van der Waals surface area (Å²) >= 11 is 0. The van der Waals surface area contributed by atoms with Gasteiger partial charge in [-0.15, -0.1) is 0 Å². The Bertz CT molecular complexity index is 171. The number of nitriles is 1. The molecule has 0 aromatic rings. The second kappa shape index (κ2) is 4.47. The number of likely N-dealkylation sites (tertiary alicyclic amines) is 1. The van der Waals surface area contributed by atoms with Gasteiger partial charge in [-0.2, -0.15) is 5.26 Å². The van der Waals surface area contributed by atoms with Crippen molar-refractivity contribution in [3.63, 3.8) is 0 Å². The molecule has 1 aliphatic heterocycles. The molecular weight excluding hydrogens is 148 g/mol. The smallest absolute Gasteiger partial charge is 0.0949 e. The van der Waals surface area contributed by atoms with Gasteiger partial charge in [-0.05, 0) is 32.2 Å². The Morgan fingerprint density at radius 3 is 3.00 bits per heavy atom. The minimum atomic E-state index is 0.111. The van der Waals surface area contributed by atoms with Gasteiger partial charge in [0.15, 0.2) is 0 Å². The van der Waals surface area contributed by atoms with Crippen LogP contribution in [0.15, 0.2) is 0 Å². The monoisotopic (exact) mass is 166 g/mol. The van der Waals surface area contributed by atoms with Gasteiger partial charge in [-0.1, -0.05) is 13.3 Å². The maximum atomic E-state index is 8.75. The van der Waals surface area contributed by atoms with E-state index in [9.17, 15) is 0 Å². The standard InChI is InChI=1S/C10H18N2/c1-3-10-5-4-6-12(8-10)9(2)7-11/h9-10H,3-6,8H2,1-2H3. The second-order valence-electron chi connectivity index (χ2n) is 3.72. The van der Waals surface area contributed by atoms with Crippen molar-refractivity contribution in [3.8, 4) is 6.07 Å². The van der Waals surface area contributed by atoms with Crippen LogP contribution in [0.3, 0.4) is 0 Å². The van der Waals surface area contributed by atoms with Crippen molar-refractivity contribution in [1.29, 1.82) is 5.26 Å². The molecule has 2 unspecified atom stereocenters. The number of hydrogen-bond acceptors (Lipinski definition) is 2. The molecule has 0 amide bonds. The largest absolute Gasteiger partial charge is 0.288 e. The van der Waals surface area contributed by atoms with E-state index in [1.54, 1.807) is 0 Å². The van der Waals surface area contributed by atoms with Crippen molar-refractivity contribution in [2.75, 3.05) is 13.1 Å². The maximum absolute atomic E-state index is 8.75. The van der Waals surface area contributed by atoms with E-state index in [0.717, 1.165) is 19.0 Å². The van der Waals surface area contributed by atoms with E-state index in [2.05, 4.69) is 17.9 Å². The van der Waals surface area contributed by atoms with Gasteiger partial charge in [-0.3, -0.25) is 4.90 Å². The fourth-order valence-corrected chi connectivity index (χ4v) is 1.86. The van der Waals surface area contributed by atoms with Gasteiger partial charge < -0.3 is 0 Å². The number of nitrogens with zero attached hydrogens (tertiary/aromatic N) is 2. The Morgan fingerprint density at radius 2 is 2.42 bits per heavy atom. The zero-order valence-electron chi connectivity index (χ0n) is 8.08. The Hall–Kier alpha value is -0.550. The van der Waals surface area contributed by atoms with Gasteiger partial charge in [0, 0.05) is 6.54 Å². The normalized spacial score (nSPS) is 27.9. The van der Waals surface area contributed by atoms with Crippen molar-refractivity contribution < 1.29 is 0 Å². The van der Waals surface area contributed by atoms with Crippen molar-refractivity contribution in [1.82, 2.24) is 4.90 Å². The van der Waals surface area contributed by atoms with Gasteiger partial charge in [0.1, 0.15) is 0 Å². The van der Waals surface area contributed by atoms with E-state index in [1.807, 2.05) is 6.92 Å². The maximum Gasteiger partial charge on any atom is 0.0949 e. The summed E-state index contributed by atoms with van der Waals surface area (Å²) < 4.78 is 0. The topological polar surface area (TPSA) is 27.0 Å². The zero-order valence-corrected chi connectivity index (χ0v) is 8.08. The second-order valence-corrected chi connectivity index (χ2v) is 3.72. The average Bonchev–Trinajstić information content (AvgIpc) is 2.17. The van der Waals surface area contributed by atoms with Gasteiger partial charge in [0.05, 0.1) is 12.1 Å². The van der Waals surface area contributed by atoms with E-state index in [0.29, 0.717) is 0 Å². The molecule has 2 nitrogen and oxygen atoms in total. The number of hydrogen-bond donors (Lipinski definition) is 0. The van der Waals surface area contributed by atoms with Crippen LogP contribution in [0.1, 0.15) is 33.1 Å². The Balaban J connectivity index is 2.41. The first-order valence-electron chi connectivity index (χ1n) is 4.91. The molecule has 2 heteroatoms. The fourth-order valence-electron chi connectivity index (χ4n) is 1.86. The molecule has 12 heavy (non-hydrogen) atoms. The van der Waals surface area contributed by atoms with E-state index in [-0.39, 0.29) is 6.04 Å². The third-order valence-electron chi connectivity index (χ3n) is 2.86. The van der Waals surface area contributed by atoms with E-state index >= 15 is 0 Å². The fraction of sp³-hybridized carbons (Fsp3) is 0.900. The van der Waals surface area contributed by atoms with Gasteiger partial charge in [-0.25, -0.2) is 0 Å². The summed E-state index contributed by atoms with van der Waals surface area (Å²) in [6.45, 7) is 6.49. The molecule has 0 aliphatic carbocycles. The SMILES string of the molecule is CCC1CCCN(C(C)C#N)C1. The van der Waals surface area contributed by atoms with Gasteiger partial charge >= 0.3 is 0 Å². The lowest BCUT2D eigenvalue weighted by molar-refractivity contribution is 0.153. The first-order valence-corrected chi connectivity index (χ1v) is 4.91. The lowest BCUT2D eigenvalue weighted by Gasteiger charge is -2.33. The summed E-state index contributed by atoms with van der Waals surface area (Å²) in [7, 11) is 0. The Labute approximate surface area is 75.2 Å². The van der Waals surface area contributed by atoms with Crippen LogP contribution in [0.25, 0.3) is 0 Å². The highest BCUT2D eigenvalue weighted by Crippen LogP contribution is 2.20. The van der Waals surface area contributed by atoms with Crippen LogP contribution in [-0.4, -0.2) is 24.0 Å². The van der Waals surface area contributed by atoms with Crippen LogP contribution >= 0.6 is 0 Å². The predicted molar refractivity (Wildman–Crippen MR) is 49.7 cm³/mol. The summed E-state index contributed by atoms with van der Waals surface area (Å²) in [6, 6.07) is 2.42. The van der Waals surface area contributed by atoms with Crippen molar-refractivity contribution in [2.45, 2.75) is 39.2 Å². The Kier molecular flexibility index (Phi) is 3.55. The minimum Gasteiger partial charge on any atom is -0.288 e. The van der Waals surface area contributed by atoms with Crippen LogP contribution in [0, 0.1) is 17.2 Å². The summed E-state index contributed by atoms with van der Waals surface area (Å²) in [5, 5.41) is 8.75. The molecular formula is C10H18N2. The molecule has 1 fully saturated rings. The first-order chi connectivity index (χ1) is 5.77. The highest BCUT2D eigenvalue weighted by molar-refractivity contribution is 4.90. The predicted octanol–water partition coefficient (Wildman–Crippen LogP) is 2.02. The van der Waals surface area contributed by atoms with Crippen molar-refractivity contribution >= 4 is 0 Å². The van der Waals surface area contributed by atoms with Gasteiger partial charge in [0.25, 0.3) is 0 Å². The third-order valence-corrected chi connectivity index (χ3v) is 2.86. The molecule has 0 N–H and O–H groups in total. The van der Waals surface area contributed by atoms with Crippen LogP contribution in [0.4, 0.5) is 0 Å². The molecule has 1 aliphatic rings. The van der Waals surface area contributed by atoms with E-state index in [1.165, 1.54) is 19.3 Å². The molecule has 68 valence electrons. The van der Waals surface area contributed by atoms with Gasteiger partial charge in [0.2, 0.25) is 0 Å². The molecule has 0 bridgehead atoms. The first kappa shape index (κ1) is 9.54. The lowest BCUT2D eigenvalue weighted by Crippen LogP contribution is -2.40. The van der Waals surface area contributed by atoms with E-state index in [4.69, 9.17) is 5.26 Å². The number of piperidine rings is 1. The summed E-state index contributed by atoms with van der Waals surface area (Å²) in [5.41, 5.74) is 0. The molecule has 0 aromatic heterocycles. The lowest BCUT2D eigenvalue weighted by atomic mass is 9.95. The molecule has 1 saturated heterocycles. The van der Waals surface area contributed by atoms with Crippen molar-refractivity contribution in [2.24, 2.45) is 5.92 Å². The molecule has 1 rings (SSSR count). The van der Waals surface area contributed by atoms with Crippen LogP contribution in [0.2, 0.25) is 0 Å². The van der Waals surface area contributed by atoms with Crippen LogP contribution < -0.4 is 0 Å². The van der Waals surface area contributed by atoms with Crippen LogP contribution in [-0.2, 0) is 0 Å². The zero-order chi connectivity index (χ0) is 8.97. The molecule has 0 spiro atoms. The van der Waals surface area contributed by atoms with Crippen LogP contribution in [0.5, 0.6) is 0 Å². The van der Waals surface area contributed by atoms with E-state index < -0.39 is 0 Å². The molecule has 0 radical (unpaired) electrons. The summed E-state index contributed by atoms with van der Waals surface area (Å²) in [6.07, 6.45) is 3.88. The minimum absolute atomic E-state index is 0.111. The highest BCUT2D eigenvalue weighted by atomic mass is 15.2. The molecule has 2 atom stereocenters. The average molecular weight is 166 g/mol. The Morgan fingerprint density at radius 1 is 1.67 bits per heavy atom. The highest BCUT2D eigenvalue weighted by Gasteiger charge is 2.21. The number of rotatable bonds is 2. The van der Waals surface area contributed by atoms with Crippen molar-refractivity contribution in [3.05, 3.63) is 0 Å². The third kappa shape index (κ3) is 2.22.